The molecule has 0 spiro atoms. The number of fused-ring (bicyclic) bond motifs is 1. The molecule has 8 nitrogen and oxygen atoms in total. The van der Waals surface area contributed by atoms with Crippen molar-refractivity contribution in [1.29, 1.82) is 0 Å². The number of anilines is 1. The predicted octanol–water partition coefficient (Wildman–Crippen LogP) is 2.67. The van der Waals surface area contributed by atoms with Crippen molar-refractivity contribution in [2.75, 3.05) is 5.32 Å². The topological polar surface area (TPSA) is 107 Å². The average Bonchev–Trinajstić information content (AvgIpc) is 3.05. The molecule has 0 aliphatic carbocycles. The molecule has 3 rings (SSSR count). The number of rotatable bonds is 6. The van der Waals surface area contributed by atoms with Crippen LogP contribution in [-0.2, 0) is 17.8 Å². The summed E-state index contributed by atoms with van der Waals surface area (Å²) < 4.78 is 42.0. The maximum atomic E-state index is 12.2. The molecule has 0 saturated carbocycles. The zero-order chi connectivity index (χ0) is 21.2. The van der Waals surface area contributed by atoms with E-state index >= 15 is 0 Å². The molecule has 2 aromatic heterocycles. The summed E-state index contributed by atoms with van der Waals surface area (Å²) in [6.45, 7) is 3.89. The molecule has 0 aliphatic heterocycles. The zero-order valence-electron chi connectivity index (χ0n) is 15.7. The Bertz CT molecular complexity index is 1030. The van der Waals surface area contributed by atoms with Gasteiger partial charge in [0.15, 0.2) is 5.82 Å². The zero-order valence-corrected chi connectivity index (χ0v) is 15.7. The second-order valence-electron chi connectivity index (χ2n) is 6.33. The summed E-state index contributed by atoms with van der Waals surface area (Å²) in [6, 6.07) is 4.95. The van der Waals surface area contributed by atoms with Crippen LogP contribution in [0.25, 0.3) is 5.78 Å². The molecule has 3 N–H and O–H groups in total. The highest BCUT2D eigenvalue weighted by molar-refractivity contribution is 5.90. The van der Waals surface area contributed by atoms with E-state index in [2.05, 4.69) is 25.1 Å². The first kappa shape index (κ1) is 20.5. The predicted molar refractivity (Wildman–Crippen MR) is 98.2 cm³/mol. The number of nitrogens with one attached hydrogen (secondary N) is 1. The number of carbonyl (C=O) groups excluding carboxylic acids is 1. The minimum atomic E-state index is -4.76. The molecule has 154 valence electrons. The Labute approximate surface area is 163 Å². The Hall–Kier alpha value is -3.21. The lowest BCUT2D eigenvalue weighted by Crippen LogP contribution is -2.17. The Morgan fingerprint density at radius 3 is 2.52 bits per heavy atom. The first-order valence-corrected chi connectivity index (χ1v) is 8.73. The summed E-state index contributed by atoms with van der Waals surface area (Å²) in [5, 5.41) is 6.93. The molecule has 3 aromatic rings. The number of hydrogen-bond donors (Lipinski definition) is 2. The van der Waals surface area contributed by atoms with Crippen LogP contribution < -0.4 is 15.8 Å². The second kappa shape index (κ2) is 8.03. The molecular weight excluding hydrogens is 389 g/mol. The SMILES string of the molecule is Cc1nc2nc(CN)nn2c(C)c1CCC(=O)Nc1ccc(OC(F)(F)F)cc1. The lowest BCUT2D eigenvalue weighted by molar-refractivity contribution is -0.274. The second-order valence-corrected chi connectivity index (χ2v) is 6.33. The monoisotopic (exact) mass is 408 g/mol. The van der Waals surface area contributed by atoms with Gasteiger partial charge in [0, 0.05) is 23.5 Å². The number of carbonyl (C=O) groups is 1. The van der Waals surface area contributed by atoms with Gasteiger partial charge < -0.3 is 15.8 Å². The van der Waals surface area contributed by atoms with E-state index in [1.165, 1.54) is 12.1 Å². The van der Waals surface area contributed by atoms with Crippen molar-refractivity contribution < 1.29 is 22.7 Å². The number of benzene rings is 1. The first-order chi connectivity index (χ1) is 13.7. The normalized spacial score (nSPS) is 11.7. The number of aryl methyl sites for hydroxylation is 2. The highest BCUT2D eigenvalue weighted by Crippen LogP contribution is 2.24. The van der Waals surface area contributed by atoms with Gasteiger partial charge >= 0.3 is 6.36 Å². The van der Waals surface area contributed by atoms with Gasteiger partial charge in [0.1, 0.15) is 5.75 Å². The molecule has 0 fully saturated rings. The molecule has 0 unspecified atom stereocenters. The maximum Gasteiger partial charge on any atom is 0.573 e. The van der Waals surface area contributed by atoms with Crippen molar-refractivity contribution in [2.45, 2.75) is 39.6 Å². The molecule has 0 radical (unpaired) electrons. The van der Waals surface area contributed by atoms with E-state index in [1.807, 2.05) is 13.8 Å². The van der Waals surface area contributed by atoms with E-state index in [1.54, 1.807) is 4.52 Å². The number of alkyl halides is 3. The first-order valence-electron chi connectivity index (χ1n) is 8.73. The van der Waals surface area contributed by atoms with E-state index in [0.29, 0.717) is 23.7 Å². The van der Waals surface area contributed by atoms with Crippen LogP contribution in [-0.4, -0.2) is 31.9 Å². The van der Waals surface area contributed by atoms with E-state index in [0.717, 1.165) is 29.1 Å². The summed E-state index contributed by atoms with van der Waals surface area (Å²) in [7, 11) is 0. The van der Waals surface area contributed by atoms with Crippen LogP contribution in [0, 0.1) is 13.8 Å². The lowest BCUT2D eigenvalue weighted by Gasteiger charge is -2.11. The highest BCUT2D eigenvalue weighted by Gasteiger charge is 2.31. The molecular formula is C18H19F3N6O2. The summed E-state index contributed by atoms with van der Waals surface area (Å²) in [5.41, 5.74) is 8.37. The average molecular weight is 408 g/mol. The lowest BCUT2D eigenvalue weighted by atomic mass is 10.1. The number of hydrogen-bond acceptors (Lipinski definition) is 6. The van der Waals surface area contributed by atoms with Crippen LogP contribution in [0.3, 0.4) is 0 Å². The molecule has 0 saturated heterocycles. The quantitative estimate of drug-likeness (QED) is 0.649. The van der Waals surface area contributed by atoms with Crippen LogP contribution in [0.2, 0.25) is 0 Å². The molecule has 0 aliphatic rings. The van der Waals surface area contributed by atoms with E-state index < -0.39 is 6.36 Å². The third-order valence-electron chi connectivity index (χ3n) is 4.25. The fourth-order valence-corrected chi connectivity index (χ4v) is 2.90. The van der Waals surface area contributed by atoms with Gasteiger partial charge in [-0.2, -0.15) is 4.98 Å². The fourth-order valence-electron chi connectivity index (χ4n) is 2.90. The molecule has 0 bridgehead atoms. The van der Waals surface area contributed by atoms with Gasteiger partial charge in [0.05, 0.1) is 6.54 Å². The van der Waals surface area contributed by atoms with Crippen LogP contribution in [0.15, 0.2) is 24.3 Å². The molecule has 29 heavy (non-hydrogen) atoms. The molecule has 1 aromatic carbocycles. The summed E-state index contributed by atoms with van der Waals surface area (Å²) in [4.78, 5) is 20.9. The number of ether oxygens (including phenoxy) is 1. The van der Waals surface area contributed by atoms with Gasteiger partial charge in [-0.3, -0.25) is 4.79 Å². The van der Waals surface area contributed by atoms with E-state index in [4.69, 9.17) is 5.73 Å². The molecule has 1 amide bonds. The van der Waals surface area contributed by atoms with Crippen molar-refractivity contribution in [3.63, 3.8) is 0 Å². The van der Waals surface area contributed by atoms with Crippen molar-refractivity contribution >= 4 is 17.4 Å². The van der Waals surface area contributed by atoms with Gasteiger partial charge in [0.2, 0.25) is 5.91 Å². The minimum absolute atomic E-state index is 0.161. The smallest absolute Gasteiger partial charge is 0.406 e. The van der Waals surface area contributed by atoms with E-state index in [-0.39, 0.29) is 24.6 Å². The summed E-state index contributed by atoms with van der Waals surface area (Å²) >= 11 is 0. The van der Waals surface area contributed by atoms with Gasteiger partial charge in [-0.25, -0.2) is 9.50 Å². The summed E-state index contributed by atoms with van der Waals surface area (Å²) in [5.74, 6) is 0.295. The van der Waals surface area contributed by atoms with Gasteiger partial charge in [-0.15, -0.1) is 18.3 Å². The fraction of sp³-hybridized carbons (Fsp3) is 0.333. The van der Waals surface area contributed by atoms with Crippen LogP contribution in [0.4, 0.5) is 18.9 Å². The van der Waals surface area contributed by atoms with Crippen LogP contribution in [0.1, 0.15) is 29.2 Å². The molecule has 11 heteroatoms. The van der Waals surface area contributed by atoms with Crippen LogP contribution in [0.5, 0.6) is 5.75 Å². The van der Waals surface area contributed by atoms with Crippen molar-refractivity contribution in [1.82, 2.24) is 19.6 Å². The Morgan fingerprint density at radius 1 is 1.21 bits per heavy atom. The number of amides is 1. The largest absolute Gasteiger partial charge is 0.573 e. The Morgan fingerprint density at radius 2 is 1.90 bits per heavy atom. The number of aromatic nitrogens is 4. The van der Waals surface area contributed by atoms with Crippen molar-refractivity contribution in [3.05, 3.63) is 47.0 Å². The third kappa shape index (κ3) is 4.99. The van der Waals surface area contributed by atoms with Crippen molar-refractivity contribution in [2.24, 2.45) is 5.73 Å². The standard InChI is InChI=1S/C18H19F3N6O2/c1-10-14(11(2)27-17(23-10)25-15(9-22)26-27)7-8-16(28)24-12-3-5-13(6-4-12)29-18(19,20)21/h3-6H,7-9,22H2,1-2H3,(H,24,28). The highest BCUT2D eigenvalue weighted by atomic mass is 19.4. The molecule has 0 atom stereocenters. The molecule has 2 heterocycles. The minimum Gasteiger partial charge on any atom is -0.406 e. The third-order valence-corrected chi connectivity index (χ3v) is 4.25. The van der Waals surface area contributed by atoms with Gasteiger partial charge in [0.25, 0.3) is 5.78 Å². The summed E-state index contributed by atoms with van der Waals surface area (Å²) in [6.07, 6.45) is -4.18. The van der Waals surface area contributed by atoms with Crippen LogP contribution >= 0.6 is 0 Å². The van der Waals surface area contributed by atoms with Gasteiger partial charge in [-0.1, -0.05) is 0 Å². The van der Waals surface area contributed by atoms with E-state index in [9.17, 15) is 18.0 Å². The maximum absolute atomic E-state index is 12.2. The van der Waals surface area contributed by atoms with Gasteiger partial charge in [-0.05, 0) is 50.1 Å². The number of nitrogens with zero attached hydrogens (tertiary/aromatic N) is 4. The Balaban J connectivity index is 1.65. The van der Waals surface area contributed by atoms with Crippen molar-refractivity contribution in [3.8, 4) is 5.75 Å². The number of nitrogens with two attached hydrogens (primary N) is 1. The number of halogens is 3. The Kier molecular flexibility index (Phi) is 5.69.